The van der Waals surface area contributed by atoms with Gasteiger partial charge in [-0.25, -0.2) is 4.79 Å². The molecule has 0 aliphatic carbocycles. The van der Waals surface area contributed by atoms with Gasteiger partial charge in [0, 0.05) is 13.7 Å². The highest BCUT2D eigenvalue weighted by Crippen LogP contribution is 2.25. The lowest BCUT2D eigenvalue weighted by Gasteiger charge is -2.28. The Hall–Kier alpha value is -1.30. The van der Waals surface area contributed by atoms with E-state index in [0.717, 1.165) is 0 Å². The molecule has 0 bridgehead atoms. The number of hydrogen-bond donors (Lipinski definition) is 1. The molecular weight excluding hydrogens is 238 g/mol. The van der Waals surface area contributed by atoms with Crippen LogP contribution in [0, 0.1) is 5.92 Å². The fraction of sp³-hybridized carbons (Fsp3) is 0.833. The Bertz CT molecular complexity index is 323. The van der Waals surface area contributed by atoms with Crippen molar-refractivity contribution in [1.82, 2.24) is 4.90 Å². The van der Waals surface area contributed by atoms with Crippen LogP contribution in [0.5, 0.6) is 0 Å². The molecule has 1 unspecified atom stereocenters. The number of amides is 1. The SMILES string of the molecule is COCC1C[C@H](C(=O)O)CN1C(=O)OC(C)(C)C. The Labute approximate surface area is 107 Å². The maximum atomic E-state index is 12.0. The van der Waals surface area contributed by atoms with Crippen LogP contribution in [0.2, 0.25) is 0 Å². The summed E-state index contributed by atoms with van der Waals surface area (Å²) in [6, 6.07) is -0.231. The third-order valence-corrected chi connectivity index (χ3v) is 2.75. The number of carboxylic acids is 1. The average Bonchev–Trinajstić information content (AvgIpc) is 2.59. The van der Waals surface area contributed by atoms with Crippen LogP contribution in [0.15, 0.2) is 0 Å². The first-order valence-corrected chi connectivity index (χ1v) is 5.96. The van der Waals surface area contributed by atoms with Crippen molar-refractivity contribution in [1.29, 1.82) is 0 Å². The summed E-state index contributed by atoms with van der Waals surface area (Å²) in [5, 5.41) is 9.01. The quantitative estimate of drug-likeness (QED) is 0.827. The van der Waals surface area contributed by atoms with Gasteiger partial charge < -0.3 is 19.5 Å². The predicted molar refractivity (Wildman–Crippen MR) is 64.3 cm³/mol. The number of carboxylic acid groups (broad SMARTS) is 1. The van der Waals surface area contributed by atoms with Crippen molar-refractivity contribution in [2.24, 2.45) is 5.92 Å². The van der Waals surface area contributed by atoms with Gasteiger partial charge >= 0.3 is 12.1 Å². The van der Waals surface area contributed by atoms with E-state index < -0.39 is 23.6 Å². The van der Waals surface area contributed by atoms with Crippen LogP contribution in [-0.4, -0.2) is 54.0 Å². The molecule has 6 heteroatoms. The zero-order valence-electron chi connectivity index (χ0n) is 11.3. The molecule has 1 N–H and O–H groups in total. The summed E-state index contributed by atoms with van der Waals surface area (Å²) < 4.78 is 10.3. The first kappa shape index (κ1) is 14.8. The molecule has 0 aromatic rings. The molecule has 6 nitrogen and oxygen atoms in total. The fourth-order valence-electron chi connectivity index (χ4n) is 1.99. The number of methoxy groups -OCH3 is 1. The summed E-state index contributed by atoms with van der Waals surface area (Å²) in [6.45, 7) is 5.84. The van der Waals surface area contributed by atoms with Crippen LogP contribution in [0.1, 0.15) is 27.2 Å². The van der Waals surface area contributed by atoms with Crippen LogP contribution in [0.3, 0.4) is 0 Å². The molecule has 1 rings (SSSR count). The standard InChI is InChI=1S/C12H21NO5/c1-12(2,3)18-11(16)13-6-8(10(14)15)5-9(13)7-17-4/h8-9H,5-7H2,1-4H3,(H,14,15)/t8-,9?/m0/s1. The first-order valence-electron chi connectivity index (χ1n) is 5.96. The molecule has 1 heterocycles. The van der Waals surface area contributed by atoms with Crippen LogP contribution < -0.4 is 0 Å². The van der Waals surface area contributed by atoms with Gasteiger partial charge in [0.2, 0.25) is 0 Å². The molecule has 0 saturated carbocycles. The van der Waals surface area contributed by atoms with Crippen molar-refractivity contribution >= 4 is 12.1 Å². The van der Waals surface area contributed by atoms with E-state index in [2.05, 4.69) is 0 Å². The van der Waals surface area contributed by atoms with E-state index in [9.17, 15) is 9.59 Å². The van der Waals surface area contributed by atoms with E-state index in [0.29, 0.717) is 13.0 Å². The number of rotatable bonds is 3. The van der Waals surface area contributed by atoms with Crippen molar-refractivity contribution in [3.63, 3.8) is 0 Å². The molecule has 0 radical (unpaired) electrons. The zero-order chi connectivity index (χ0) is 13.9. The van der Waals surface area contributed by atoms with Gasteiger partial charge in [-0.2, -0.15) is 0 Å². The maximum Gasteiger partial charge on any atom is 0.410 e. The van der Waals surface area contributed by atoms with E-state index in [-0.39, 0.29) is 12.6 Å². The fourth-order valence-corrected chi connectivity index (χ4v) is 1.99. The Morgan fingerprint density at radius 2 is 2.00 bits per heavy atom. The second kappa shape index (κ2) is 5.56. The van der Waals surface area contributed by atoms with Crippen molar-refractivity contribution < 1.29 is 24.2 Å². The van der Waals surface area contributed by atoms with Gasteiger partial charge in [0.1, 0.15) is 5.60 Å². The molecular formula is C12H21NO5. The van der Waals surface area contributed by atoms with E-state index >= 15 is 0 Å². The lowest BCUT2D eigenvalue weighted by molar-refractivity contribution is -0.141. The molecule has 1 saturated heterocycles. The van der Waals surface area contributed by atoms with Gasteiger partial charge in [-0.05, 0) is 27.2 Å². The highest BCUT2D eigenvalue weighted by atomic mass is 16.6. The molecule has 18 heavy (non-hydrogen) atoms. The Kier molecular flexibility index (Phi) is 4.56. The van der Waals surface area contributed by atoms with Gasteiger partial charge in [-0.1, -0.05) is 0 Å². The van der Waals surface area contributed by atoms with E-state index in [1.807, 2.05) is 0 Å². The third-order valence-electron chi connectivity index (χ3n) is 2.75. The Morgan fingerprint density at radius 1 is 1.39 bits per heavy atom. The topological polar surface area (TPSA) is 76.1 Å². The number of likely N-dealkylation sites (tertiary alicyclic amines) is 1. The zero-order valence-corrected chi connectivity index (χ0v) is 11.3. The number of carbonyl (C=O) groups excluding carboxylic acids is 1. The van der Waals surface area contributed by atoms with Crippen molar-refractivity contribution in [2.45, 2.75) is 38.8 Å². The highest BCUT2D eigenvalue weighted by molar-refractivity contribution is 5.74. The third kappa shape index (κ3) is 3.87. The molecule has 2 atom stereocenters. The molecule has 1 fully saturated rings. The monoisotopic (exact) mass is 259 g/mol. The summed E-state index contributed by atoms with van der Waals surface area (Å²) >= 11 is 0. The molecule has 0 aromatic carbocycles. The normalized spacial score (nSPS) is 24.1. The smallest absolute Gasteiger partial charge is 0.410 e. The number of carbonyl (C=O) groups is 2. The van der Waals surface area contributed by atoms with Crippen LogP contribution in [-0.2, 0) is 14.3 Å². The largest absolute Gasteiger partial charge is 0.481 e. The minimum absolute atomic E-state index is 0.179. The minimum atomic E-state index is -0.887. The van der Waals surface area contributed by atoms with Gasteiger partial charge in [0.05, 0.1) is 18.6 Å². The van der Waals surface area contributed by atoms with Crippen molar-refractivity contribution in [2.75, 3.05) is 20.3 Å². The number of ether oxygens (including phenoxy) is 2. The first-order chi connectivity index (χ1) is 8.24. The predicted octanol–water partition coefficient (Wildman–Crippen LogP) is 1.34. The highest BCUT2D eigenvalue weighted by Gasteiger charge is 2.40. The van der Waals surface area contributed by atoms with Gasteiger partial charge in [-0.3, -0.25) is 4.79 Å². The van der Waals surface area contributed by atoms with E-state index in [1.54, 1.807) is 20.8 Å². The number of aliphatic carboxylic acids is 1. The molecule has 104 valence electrons. The average molecular weight is 259 g/mol. The number of hydrogen-bond acceptors (Lipinski definition) is 4. The summed E-state index contributed by atoms with van der Waals surface area (Å²) in [5.41, 5.74) is -0.587. The Morgan fingerprint density at radius 3 is 2.44 bits per heavy atom. The van der Waals surface area contributed by atoms with Crippen LogP contribution >= 0.6 is 0 Å². The molecule has 0 aromatic heterocycles. The van der Waals surface area contributed by atoms with Gasteiger partial charge in [-0.15, -0.1) is 0 Å². The summed E-state index contributed by atoms with van der Waals surface area (Å²) in [5.74, 6) is -1.43. The number of nitrogens with zero attached hydrogens (tertiary/aromatic N) is 1. The minimum Gasteiger partial charge on any atom is -0.481 e. The second-order valence-electron chi connectivity index (χ2n) is 5.51. The van der Waals surface area contributed by atoms with Crippen LogP contribution in [0.4, 0.5) is 4.79 Å². The summed E-state index contributed by atoms with van der Waals surface area (Å²) in [7, 11) is 1.53. The van der Waals surface area contributed by atoms with Gasteiger partial charge in [0.15, 0.2) is 0 Å². The lowest BCUT2D eigenvalue weighted by atomic mass is 10.1. The molecule has 1 aliphatic rings. The Balaban J connectivity index is 2.71. The lowest BCUT2D eigenvalue weighted by Crippen LogP contribution is -2.41. The maximum absolute atomic E-state index is 12.0. The van der Waals surface area contributed by atoms with E-state index in [4.69, 9.17) is 14.6 Å². The van der Waals surface area contributed by atoms with Crippen molar-refractivity contribution in [3.05, 3.63) is 0 Å². The molecule has 1 amide bonds. The summed E-state index contributed by atoms with van der Waals surface area (Å²) in [4.78, 5) is 24.4. The van der Waals surface area contributed by atoms with E-state index in [1.165, 1.54) is 12.0 Å². The van der Waals surface area contributed by atoms with Crippen molar-refractivity contribution in [3.8, 4) is 0 Å². The van der Waals surface area contributed by atoms with Gasteiger partial charge in [0.25, 0.3) is 0 Å². The molecule has 1 aliphatic heterocycles. The molecule has 0 spiro atoms. The summed E-state index contributed by atoms with van der Waals surface area (Å²) in [6.07, 6.45) is -0.0733. The van der Waals surface area contributed by atoms with Crippen LogP contribution in [0.25, 0.3) is 0 Å². The second-order valence-corrected chi connectivity index (χ2v) is 5.51.